The number of para-hydroxylation sites is 1. The van der Waals surface area contributed by atoms with Gasteiger partial charge in [-0.15, -0.1) is 11.8 Å². The number of aliphatic hydroxyl groups is 1. The van der Waals surface area contributed by atoms with Crippen molar-refractivity contribution in [3.63, 3.8) is 0 Å². The van der Waals surface area contributed by atoms with Crippen molar-refractivity contribution in [2.24, 2.45) is 11.8 Å². The van der Waals surface area contributed by atoms with E-state index < -0.39 is 28.7 Å². The first kappa shape index (κ1) is 25.4. The van der Waals surface area contributed by atoms with E-state index in [1.165, 1.54) is 6.42 Å². The molecule has 0 aromatic heterocycles. The van der Waals surface area contributed by atoms with Crippen molar-refractivity contribution in [2.45, 2.75) is 73.1 Å². The summed E-state index contributed by atoms with van der Waals surface area (Å²) in [4.78, 5) is 43.8. The van der Waals surface area contributed by atoms with E-state index in [0.717, 1.165) is 37.7 Å². The molecule has 2 bridgehead atoms. The number of rotatable bonds is 7. The average molecular weight is 534 g/mol. The van der Waals surface area contributed by atoms with Crippen molar-refractivity contribution in [3.05, 3.63) is 66.2 Å². The van der Waals surface area contributed by atoms with E-state index in [1.54, 1.807) is 16.7 Å². The Balaban J connectivity index is 1.37. The van der Waals surface area contributed by atoms with Gasteiger partial charge < -0.3 is 20.6 Å². The quantitative estimate of drug-likeness (QED) is 0.502. The molecule has 2 aromatic rings. The van der Waals surface area contributed by atoms with Gasteiger partial charge in [-0.3, -0.25) is 14.4 Å². The van der Waals surface area contributed by atoms with E-state index >= 15 is 0 Å². The summed E-state index contributed by atoms with van der Waals surface area (Å²) in [6.45, 7) is -0.291. The van der Waals surface area contributed by atoms with Gasteiger partial charge in [-0.25, -0.2) is 0 Å². The number of carbonyl (C=O) groups excluding carboxylic acids is 3. The molecular formula is C30H35N3O4S. The topological polar surface area (TPSA) is 98.7 Å². The fraction of sp³-hybridized carbons (Fsp3) is 0.500. The summed E-state index contributed by atoms with van der Waals surface area (Å²) < 4.78 is -0.679. The smallest absolute Gasteiger partial charge is 0.244 e. The van der Waals surface area contributed by atoms with Crippen LogP contribution in [-0.4, -0.2) is 56.4 Å². The number of hydrogen-bond donors (Lipinski definition) is 3. The Morgan fingerprint density at radius 1 is 0.974 bits per heavy atom. The monoisotopic (exact) mass is 533 g/mol. The molecule has 200 valence electrons. The van der Waals surface area contributed by atoms with Gasteiger partial charge in [0.2, 0.25) is 17.7 Å². The Morgan fingerprint density at radius 3 is 2.34 bits per heavy atom. The minimum absolute atomic E-state index is 0.0101. The first-order chi connectivity index (χ1) is 18.5. The SMILES string of the molecule is O=C(NC1CCCCC1)C1N([C@H](CO)c2ccccc2)C(=O)[C@@H]2[C@@H](C(=O)Nc3ccccc3)[C@H]3CCC12S3. The maximum absolute atomic E-state index is 14.4. The molecule has 4 fully saturated rings. The van der Waals surface area contributed by atoms with Crippen LogP contribution in [0.4, 0.5) is 5.69 Å². The van der Waals surface area contributed by atoms with Crippen LogP contribution in [0.3, 0.4) is 0 Å². The summed E-state index contributed by atoms with van der Waals surface area (Å²) in [7, 11) is 0. The number of nitrogens with zero attached hydrogens (tertiary/aromatic N) is 1. The van der Waals surface area contributed by atoms with Crippen LogP contribution in [0.5, 0.6) is 0 Å². The zero-order valence-corrected chi connectivity index (χ0v) is 22.2. The zero-order chi connectivity index (χ0) is 26.3. The molecule has 2 unspecified atom stereocenters. The third-order valence-electron chi connectivity index (χ3n) is 8.98. The lowest BCUT2D eigenvalue weighted by Crippen LogP contribution is -2.56. The van der Waals surface area contributed by atoms with Gasteiger partial charge in [0.15, 0.2) is 0 Å². The van der Waals surface area contributed by atoms with Crippen LogP contribution < -0.4 is 10.6 Å². The Labute approximate surface area is 227 Å². The number of nitrogens with one attached hydrogen (secondary N) is 2. The lowest BCUT2D eigenvalue weighted by molar-refractivity contribution is -0.142. The molecule has 6 rings (SSSR count). The second-order valence-corrected chi connectivity index (χ2v) is 12.7. The van der Waals surface area contributed by atoms with Gasteiger partial charge in [0.1, 0.15) is 6.04 Å². The number of hydrogen-bond acceptors (Lipinski definition) is 5. The van der Waals surface area contributed by atoms with E-state index in [-0.39, 0.29) is 35.6 Å². The van der Waals surface area contributed by atoms with E-state index in [1.807, 2.05) is 60.7 Å². The molecule has 3 aliphatic heterocycles. The molecule has 4 aliphatic rings. The molecule has 1 aliphatic carbocycles. The van der Waals surface area contributed by atoms with Gasteiger partial charge in [-0.1, -0.05) is 67.8 Å². The maximum Gasteiger partial charge on any atom is 0.244 e. The summed E-state index contributed by atoms with van der Waals surface area (Å²) in [5.41, 5.74) is 1.49. The number of carbonyl (C=O) groups is 3. The molecule has 3 saturated heterocycles. The molecule has 2 aromatic carbocycles. The summed E-state index contributed by atoms with van der Waals surface area (Å²) in [6, 6.07) is 17.5. The molecule has 8 heteroatoms. The van der Waals surface area contributed by atoms with Gasteiger partial charge in [-0.2, -0.15) is 0 Å². The molecule has 7 nitrogen and oxygen atoms in total. The highest BCUT2D eigenvalue weighted by Crippen LogP contribution is 2.67. The van der Waals surface area contributed by atoms with E-state index in [9.17, 15) is 19.5 Å². The van der Waals surface area contributed by atoms with Gasteiger partial charge in [0.05, 0.1) is 29.2 Å². The molecule has 1 saturated carbocycles. The first-order valence-corrected chi connectivity index (χ1v) is 14.7. The molecule has 3 amide bonds. The predicted octanol–water partition coefficient (Wildman–Crippen LogP) is 3.90. The fourth-order valence-electron chi connectivity index (χ4n) is 7.33. The molecular weight excluding hydrogens is 498 g/mol. The largest absolute Gasteiger partial charge is 0.394 e. The molecule has 1 spiro atoms. The third-order valence-corrected chi connectivity index (χ3v) is 10.9. The fourth-order valence-corrected chi connectivity index (χ4v) is 9.54. The van der Waals surface area contributed by atoms with Crippen LogP contribution in [-0.2, 0) is 14.4 Å². The van der Waals surface area contributed by atoms with E-state index in [0.29, 0.717) is 12.1 Å². The van der Waals surface area contributed by atoms with Crippen molar-refractivity contribution in [2.75, 3.05) is 11.9 Å². The van der Waals surface area contributed by atoms with Crippen molar-refractivity contribution < 1.29 is 19.5 Å². The normalized spacial score (nSPS) is 31.2. The van der Waals surface area contributed by atoms with Gasteiger partial charge >= 0.3 is 0 Å². The van der Waals surface area contributed by atoms with Gasteiger partial charge in [-0.05, 0) is 43.4 Å². The summed E-state index contributed by atoms with van der Waals surface area (Å²) in [6.07, 6.45) is 6.76. The lowest BCUT2D eigenvalue weighted by Gasteiger charge is -2.38. The molecule has 38 heavy (non-hydrogen) atoms. The minimum atomic E-state index is -0.733. The van der Waals surface area contributed by atoms with Crippen LogP contribution in [0.2, 0.25) is 0 Å². The first-order valence-electron chi connectivity index (χ1n) is 13.9. The molecule has 6 atom stereocenters. The Kier molecular flexibility index (Phi) is 6.95. The predicted molar refractivity (Wildman–Crippen MR) is 147 cm³/mol. The van der Waals surface area contributed by atoms with Crippen LogP contribution in [0.1, 0.15) is 56.6 Å². The number of amides is 3. The number of anilines is 1. The van der Waals surface area contributed by atoms with E-state index in [4.69, 9.17) is 0 Å². The second-order valence-electron chi connectivity index (χ2n) is 11.1. The summed E-state index contributed by atoms with van der Waals surface area (Å²) in [5, 5.41) is 16.9. The standard InChI is InChI=1S/C30H35N3O4S/c34-18-22(19-10-4-1-5-11-19)33-26(28(36)32-21-14-8-3-9-15-21)30-17-16-23(38-30)24(25(30)29(33)37)27(35)31-20-12-6-2-7-13-20/h1-2,4-7,10-13,21-26,34H,3,8-9,14-18H2,(H,31,35)(H,32,36)/t22-,23-,24+,25+,26?,30?/m1/s1. The maximum atomic E-state index is 14.4. The number of thioether (sulfide) groups is 1. The number of aliphatic hydroxyl groups excluding tert-OH is 1. The minimum Gasteiger partial charge on any atom is -0.394 e. The van der Waals surface area contributed by atoms with Crippen molar-refractivity contribution >= 4 is 35.2 Å². The van der Waals surface area contributed by atoms with Crippen molar-refractivity contribution in [3.8, 4) is 0 Å². The van der Waals surface area contributed by atoms with Crippen molar-refractivity contribution in [1.29, 1.82) is 0 Å². The highest BCUT2D eigenvalue weighted by atomic mass is 32.2. The highest BCUT2D eigenvalue weighted by molar-refractivity contribution is 8.02. The van der Waals surface area contributed by atoms with Gasteiger partial charge in [0.25, 0.3) is 0 Å². The van der Waals surface area contributed by atoms with Crippen LogP contribution in [0.25, 0.3) is 0 Å². The molecule has 3 N–H and O–H groups in total. The van der Waals surface area contributed by atoms with Gasteiger partial charge in [0, 0.05) is 17.0 Å². The van der Waals surface area contributed by atoms with Crippen LogP contribution in [0.15, 0.2) is 60.7 Å². The van der Waals surface area contributed by atoms with Crippen LogP contribution >= 0.6 is 11.8 Å². The second kappa shape index (κ2) is 10.4. The van der Waals surface area contributed by atoms with Crippen LogP contribution in [0, 0.1) is 11.8 Å². The highest BCUT2D eigenvalue weighted by Gasteiger charge is 2.74. The number of benzene rings is 2. The Bertz CT molecular complexity index is 1190. The number of likely N-dealkylation sites (tertiary alicyclic amines) is 1. The lowest BCUT2D eigenvalue weighted by atomic mass is 9.70. The molecule has 0 radical (unpaired) electrons. The third kappa shape index (κ3) is 4.22. The number of fused-ring (bicyclic) bond motifs is 1. The van der Waals surface area contributed by atoms with Crippen molar-refractivity contribution in [1.82, 2.24) is 10.2 Å². The average Bonchev–Trinajstić information content (AvgIpc) is 3.59. The van der Waals surface area contributed by atoms with E-state index in [2.05, 4.69) is 10.6 Å². The Morgan fingerprint density at radius 2 is 1.66 bits per heavy atom. The Hall–Kier alpha value is -2.84. The zero-order valence-electron chi connectivity index (χ0n) is 21.4. The summed E-state index contributed by atoms with van der Waals surface area (Å²) in [5.74, 6) is -1.62. The molecule has 3 heterocycles. The summed E-state index contributed by atoms with van der Waals surface area (Å²) >= 11 is 1.66.